The largest absolute Gasteiger partial charge is 0.493 e. The summed E-state index contributed by atoms with van der Waals surface area (Å²) < 4.78 is 5.99. The van der Waals surface area contributed by atoms with Crippen LogP contribution in [0.1, 0.15) is 26.3 Å². The molecule has 6 heteroatoms. The molecule has 1 aromatic heterocycles. The molecule has 0 aliphatic rings. The molecule has 0 fully saturated rings. The molecule has 4 rings (SSSR count). The van der Waals surface area contributed by atoms with E-state index in [4.69, 9.17) is 4.74 Å². The van der Waals surface area contributed by atoms with Crippen molar-refractivity contribution in [2.75, 3.05) is 11.9 Å². The Morgan fingerprint density at radius 3 is 2.48 bits per heavy atom. The van der Waals surface area contributed by atoms with Crippen LogP contribution in [-0.2, 0) is 6.42 Å². The highest BCUT2D eigenvalue weighted by atomic mass is 16.5. The van der Waals surface area contributed by atoms with Crippen LogP contribution >= 0.6 is 0 Å². The van der Waals surface area contributed by atoms with Crippen molar-refractivity contribution in [2.24, 2.45) is 0 Å². The molecule has 154 valence electrons. The first-order valence-electron chi connectivity index (χ1n) is 9.89. The van der Waals surface area contributed by atoms with Crippen molar-refractivity contribution in [2.45, 2.75) is 6.42 Å². The lowest BCUT2D eigenvalue weighted by molar-refractivity contribution is 0.102. The average molecular weight is 411 g/mol. The lowest BCUT2D eigenvalue weighted by Gasteiger charge is -2.11. The second-order valence-electron chi connectivity index (χ2n) is 6.95. The Balaban J connectivity index is 1.32. The summed E-state index contributed by atoms with van der Waals surface area (Å²) >= 11 is 0. The molecule has 6 nitrogen and oxygen atoms in total. The Hall–Kier alpha value is -4.19. The maximum atomic E-state index is 12.3. The number of H-pyrrole nitrogens is 1. The monoisotopic (exact) mass is 411 g/mol. The first kappa shape index (κ1) is 20.1. The number of benzene rings is 3. The summed E-state index contributed by atoms with van der Waals surface area (Å²) in [5.41, 5.74) is 4.73. The molecule has 31 heavy (non-hydrogen) atoms. The zero-order valence-corrected chi connectivity index (χ0v) is 16.7. The number of nitrogens with one attached hydrogen (secondary N) is 2. The van der Waals surface area contributed by atoms with E-state index in [-0.39, 0.29) is 5.91 Å². The summed E-state index contributed by atoms with van der Waals surface area (Å²) in [6, 6.07) is 22.0. The van der Waals surface area contributed by atoms with Gasteiger partial charge in [0.2, 0.25) is 0 Å². The number of aromatic amines is 1. The van der Waals surface area contributed by atoms with E-state index in [9.17, 15) is 9.59 Å². The summed E-state index contributed by atoms with van der Waals surface area (Å²) in [4.78, 5) is 30.2. The fourth-order valence-electron chi connectivity index (χ4n) is 3.17. The van der Waals surface area contributed by atoms with Crippen molar-refractivity contribution in [1.82, 2.24) is 9.97 Å². The van der Waals surface area contributed by atoms with Crippen LogP contribution in [0.3, 0.4) is 0 Å². The van der Waals surface area contributed by atoms with Gasteiger partial charge >= 0.3 is 0 Å². The van der Waals surface area contributed by atoms with Crippen molar-refractivity contribution in [3.05, 3.63) is 102 Å². The van der Waals surface area contributed by atoms with Crippen molar-refractivity contribution in [3.63, 3.8) is 0 Å². The van der Waals surface area contributed by atoms with Crippen molar-refractivity contribution < 1.29 is 14.3 Å². The van der Waals surface area contributed by atoms with E-state index in [2.05, 4.69) is 15.3 Å². The van der Waals surface area contributed by atoms with Crippen molar-refractivity contribution in [3.8, 4) is 17.0 Å². The van der Waals surface area contributed by atoms with Gasteiger partial charge in [-0.1, -0.05) is 36.4 Å². The predicted octanol–water partition coefficient (Wildman–Crippen LogP) is 4.76. The number of imidazole rings is 1. The zero-order valence-electron chi connectivity index (χ0n) is 16.7. The average Bonchev–Trinajstić information content (AvgIpc) is 3.35. The lowest BCUT2D eigenvalue weighted by atomic mass is 10.1. The van der Waals surface area contributed by atoms with E-state index < -0.39 is 0 Å². The number of hydrogen-bond donors (Lipinski definition) is 2. The Morgan fingerprint density at radius 2 is 1.77 bits per heavy atom. The predicted molar refractivity (Wildman–Crippen MR) is 119 cm³/mol. The highest BCUT2D eigenvalue weighted by Gasteiger charge is 2.08. The molecule has 1 heterocycles. The van der Waals surface area contributed by atoms with Crippen molar-refractivity contribution in [1.29, 1.82) is 0 Å². The molecular formula is C25H21N3O3. The molecule has 0 saturated carbocycles. The minimum absolute atomic E-state index is 0.219. The van der Waals surface area contributed by atoms with E-state index in [1.165, 1.54) is 0 Å². The SMILES string of the molecule is O=Cc1ccc(C(=O)Nc2ccc(CCOc3ccccc3-c3cnc[nH]3)cc2)cc1. The van der Waals surface area contributed by atoms with Crippen LogP contribution in [0.15, 0.2) is 85.3 Å². The molecule has 0 bridgehead atoms. The first-order valence-corrected chi connectivity index (χ1v) is 9.89. The Morgan fingerprint density at radius 1 is 1.00 bits per heavy atom. The second kappa shape index (κ2) is 9.54. The number of hydrogen-bond acceptors (Lipinski definition) is 4. The fraction of sp³-hybridized carbons (Fsp3) is 0.0800. The third-order valence-corrected chi connectivity index (χ3v) is 4.84. The number of ether oxygens (including phenoxy) is 1. The van der Waals surface area contributed by atoms with Gasteiger partial charge in [-0.05, 0) is 42.0 Å². The summed E-state index contributed by atoms with van der Waals surface area (Å²) in [6.07, 6.45) is 4.90. The molecule has 0 aliphatic carbocycles. The van der Waals surface area contributed by atoms with Gasteiger partial charge in [0.15, 0.2) is 0 Å². The lowest BCUT2D eigenvalue weighted by Crippen LogP contribution is -2.11. The molecule has 0 spiro atoms. The Bertz CT molecular complexity index is 1150. The van der Waals surface area contributed by atoms with Crippen LogP contribution in [0, 0.1) is 0 Å². The molecule has 0 saturated heterocycles. The third kappa shape index (κ3) is 5.05. The maximum absolute atomic E-state index is 12.3. The molecule has 0 aliphatic heterocycles. The third-order valence-electron chi connectivity index (χ3n) is 4.84. The zero-order chi connectivity index (χ0) is 21.5. The molecule has 1 amide bonds. The summed E-state index contributed by atoms with van der Waals surface area (Å²) in [7, 11) is 0. The van der Waals surface area contributed by atoms with Crippen LogP contribution in [-0.4, -0.2) is 28.8 Å². The molecule has 0 radical (unpaired) electrons. The number of aromatic nitrogens is 2. The van der Waals surface area contributed by atoms with Gasteiger partial charge in [0.05, 0.1) is 24.8 Å². The molecule has 3 aromatic carbocycles. The van der Waals surface area contributed by atoms with Gasteiger partial charge in [0, 0.05) is 28.8 Å². The number of para-hydroxylation sites is 1. The van der Waals surface area contributed by atoms with Gasteiger partial charge < -0.3 is 15.0 Å². The topological polar surface area (TPSA) is 84.1 Å². The van der Waals surface area contributed by atoms with E-state index in [0.29, 0.717) is 23.4 Å². The normalized spacial score (nSPS) is 10.5. The summed E-state index contributed by atoms with van der Waals surface area (Å²) in [5.74, 6) is 0.583. The number of amides is 1. The van der Waals surface area contributed by atoms with Crippen molar-refractivity contribution >= 4 is 17.9 Å². The minimum atomic E-state index is -0.219. The number of nitrogens with zero attached hydrogens (tertiary/aromatic N) is 1. The smallest absolute Gasteiger partial charge is 0.255 e. The molecule has 0 unspecified atom stereocenters. The fourth-order valence-corrected chi connectivity index (χ4v) is 3.17. The van der Waals surface area contributed by atoms with Gasteiger partial charge in [-0.3, -0.25) is 9.59 Å². The number of anilines is 1. The number of rotatable bonds is 8. The molecule has 2 N–H and O–H groups in total. The summed E-state index contributed by atoms with van der Waals surface area (Å²) in [5, 5.41) is 2.86. The van der Waals surface area contributed by atoms with Gasteiger partial charge in [0.1, 0.15) is 12.0 Å². The number of aldehydes is 1. The Labute approximate surface area is 179 Å². The Kier molecular flexibility index (Phi) is 6.18. The second-order valence-corrected chi connectivity index (χ2v) is 6.95. The maximum Gasteiger partial charge on any atom is 0.255 e. The highest BCUT2D eigenvalue weighted by molar-refractivity contribution is 6.04. The quantitative estimate of drug-likeness (QED) is 0.409. The highest BCUT2D eigenvalue weighted by Crippen LogP contribution is 2.28. The first-order chi connectivity index (χ1) is 15.2. The van der Waals surface area contributed by atoms with E-state index in [0.717, 1.165) is 35.3 Å². The van der Waals surface area contributed by atoms with Gasteiger partial charge in [-0.15, -0.1) is 0 Å². The van der Waals surface area contributed by atoms with Crippen LogP contribution < -0.4 is 10.1 Å². The minimum Gasteiger partial charge on any atom is -0.493 e. The van der Waals surface area contributed by atoms with E-state index >= 15 is 0 Å². The standard InChI is InChI=1S/C25H21N3O3/c29-16-19-5-9-20(10-6-19)25(30)28-21-11-7-18(8-12-21)13-14-31-24-4-2-1-3-22(24)23-15-26-17-27-23/h1-12,15-17H,13-14H2,(H,26,27)(H,28,30). The van der Waals surface area contributed by atoms with Gasteiger partial charge in [-0.2, -0.15) is 0 Å². The van der Waals surface area contributed by atoms with E-state index in [1.54, 1.807) is 36.8 Å². The van der Waals surface area contributed by atoms with Crippen LogP contribution in [0.2, 0.25) is 0 Å². The molecule has 4 aromatic rings. The molecule has 0 atom stereocenters. The van der Waals surface area contributed by atoms with Crippen LogP contribution in [0.25, 0.3) is 11.3 Å². The number of carbonyl (C=O) groups excluding carboxylic acids is 2. The van der Waals surface area contributed by atoms with Gasteiger partial charge in [0.25, 0.3) is 5.91 Å². The summed E-state index contributed by atoms with van der Waals surface area (Å²) in [6.45, 7) is 0.528. The number of carbonyl (C=O) groups is 2. The van der Waals surface area contributed by atoms with Crippen LogP contribution in [0.4, 0.5) is 5.69 Å². The molecular weight excluding hydrogens is 390 g/mol. The van der Waals surface area contributed by atoms with Crippen LogP contribution in [0.5, 0.6) is 5.75 Å². The van der Waals surface area contributed by atoms with E-state index in [1.807, 2.05) is 48.5 Å². The van der Waals surface area contributed by atoms with Gasteiger partial charge in [-0.25, -0.2) is 4.98 Å².